The number of aliphatic hydroxyl groups is 1. The van der Waals surface area contributed by atoms with Crippen molar-refractivity contribution in [2.45, 2.75) is 50.5 Å². The Morgan fingerprint density at radius 3 is 2.61 bits per heavy atom. The summed E-state index contributed by atoms with van der Waals surface area (Å²) in [7, 11) is 0. The van der Waals surface area contributed by atoms with Crippen LogP contribution in [0, 0.1) is 5.41 Å². The van der Waals surface area contributed by atoms with Crippen LogP contribution in [0.3, 0.4) is 0 Å². The van der Waals surface area contributed by atoms with Gasteiger partial charge < -0.3 is 15.7 Å². The number of piperidine rings is 1. The molecule has 3 rings (SSSR count). The van der Waals surface area contributed by atoms with Crippen molar-refractivity contribution in [3.05, 3.63) is 18.5 Å². The Morgan fingerprint density at radius 1 is 1.26 bits per heavy atom. The predicted octanol–water partition coefficient (Wildman–Crippen LogP) is 1.02. The van der Waals surface area contributed by atoms with Crippen LogP contribution in [-0.4, -0.2) is 47.0 Å². The van der Waals surface area contributed by atoms with E-state index in [1.165, 1.54) is 12.8 Å². The van der Waals surface area contributed by atoms with Gasteiger partial charge in [0.25, 0.3) is 0 Å². The molecular formula is C17H28N4O2. The molecule has 128 valence electrons. The summed E-state index contributed by atoms with van der Waals surface area (Å²) >= 11 is 0. The van der Waals surface area contributed by atoms with Crippen LogP contribution in [0.5, 0.6) is 0 Å². The van der Waals surface area contributed by atoms with E-state index in [1.807, 2.05) is 16.9 Å². The second-order valence-electron chi connectivity index (χ2n) is 7.10. The third kappa shape index (κ3) is 3.28. The van der Waals surface area contributed by atoms with Gasteiger partial charge in [0.05, 0.1) is 0 Å². The summed E-state index contributed by atoms with van der Waals surface area (Å²) < 4.78 is 1.83. The molecule has 1 aromatic heterocycles. The minimum atomic E-state index is -0.576. The molecule has 6 heteroatoms. The fourth-order valence-electron chi connectivity index (χ4n) is 4.23. The number of aromatic nitrogens is 2. The van der Waals surface area contributed by atoms with Gasteiger partial charge in [0.2, 0.25) is 5.91 Å². The number of hydrogen-bond donors (Lipinski definition) is 3. The van der Waals surface area contributed by atoms with Crippen LogP contribution in [0.15, 0.2) is 18.5 Å². The highest BCUT2D eigenvalue weighted by atomic mass is 16.3. The summed E-state index contributed by atoms with van der Waals surface area (Å²) in [6, 6.07) is 1.88. The monoisotopic (exact) mass is 320 g/mol. The van der Waals surface area contributed by atoms with E-state index in [-0.39, 0.29) is 17.9 Å². The molecular weight excluding hydrogens is 292 g/mol. The lowest BCUT2D eigenvalue weighted by Gasteiger charge is -2.38. The largest absolute Gasteiger partial charge is 0.396 e. The molecule has 2 heterocycles. The van der Waals surface area contributed by atoms with Crippen LogP contribution in [0.25, 0.3) is 0 Å². The van der Waals surface area contributed by atoms with Crippen LogP contribution >= 0.6 is 0 Å². The van der Waals surface area contributed by atoms with Gasteiger partial charge in [0.1, 0.15) is 5.54 Å². The van der Waals surface area contributed by atoms with Crippen LogP contribution in [0.4, 0.5) is 0 Å². The summed E-state index contributed by atoms with van der Waals surface area (Å²) in [6.45, 7) is 2.52. The van der Waals surface area contributed by atoms with Gasteiger partial charge in [-0.05, 0) is 56.7 Å². The number of hydrogen-bond acceptors (Lipinski definition) is 4. The highest BCUT2D eigenvalue weighted by Crippen LogP contribution is 2.40. The molecule has 0 radical (unpaired) electrons. The maximum absolute atomic E-state index is 13.1. The zero-order chi connectivity index (χ0) is 16.2. The number of carbonyl (C=O) groups excluding carboxylic acids is 1. The van der Waals surface area contributed by atoms with E-state index in [0.29, 0.717) is 6.54 Å². The smallest absolute Gasteiger partial charge is 0.248 e. The van der Waals surface area contributed by atoms with Crippen molar-refractivity contribution >= 4 is 5.91 Å². The lowest BCUT2D eigenvalue weighted by atomic mass is 9.82. The first-order valence-electron chi connectivity index (χ1n) is 8.81. The lowest BCUT2D eigenvalue weighted by molar-refractivity contribution is -0.132. The number of rotatable bonds is 6. The molecule has 1 aromatic rings. The highest BCUT2D eigenvalue weighted by Gasteiger charge is 2.43. The number of amides is 1. The number of carbonyl (C=O) groups is 1. The Balaban J connectivity index is 1.72. The molecule has 1 aliphatic carbocycles. The topological polar surface area (TPSA) is 79.2 Å². The summed E-state index contributed by atoms with van der Waals surface area (Å²) in [4.78, 5) is 13.1. The minimum Gasteiger partial charge on any atom is -0.396 e. The third-order valence-electron chi connectivity index (χ3n) is 5.73. The predicted molar refractivity (Wildman–Crippen MR) is 87.9 cm³/mol. The Labute approximate surface area is 137 Å². The van der Waals surface area contributed by atoms with Gasteiger partial charge in [-0.1, -0.05) is 12.8 Å². The van der Waals surface area contributed by atoms with Crippen molar-refractivity contribution in [2.75, 3.05) is 26.2 Å². The average molecular weight is 320 g/mol. The zero-order valence-corrected chi connectivity index (χ0v) is 13.8. The van der Waals surface area contributed by atoms with E-state index >= 15 is 0 Å². The standard InChI is InChI=1S/C17H28N4O2/c22-13-8-16(4-1-2-5-16)14-19-15(23)17(6-10-18-11-7-17)21-12-3-9-20-21/h3,9,12,18,22H,1-2,4-8,10-11,13-14H2,(H,19,23). The van der Waals surface area contributed by atoms with Crippen LogP contribution in [0.2, 0.25) is 0 Å². The van der Waals surface area contributed by atoms with E-state index in [9.17, 15) is 9.90 Å². The summed E-state index contributed by atoms with van der Waals surface area (Å²) in [5, 5.41) is 20.3. The molecule has 0 atom stereocenters. The van der Waals surface area contributed by atoms with Crippen molar-refractivity contribution < 1.29 is 9.90 Å². The Morgan fingerprint density at radius 2 is 2.00 bits per heavy atom. The van der Waals surface area contributed by atoms with Gasteiger partial charge in [0, 0.05) is 25.5 Å². The maximum atomic E-state index is 13.1. The average Bonchev–Trinajstić information content (AvgIpc) is 3.26. The quantitative estimate of drug-likeness (QED) is 0.731. The van der Waals surface area contributed by atoms with Gasteiger partial charge >= 0.3 is 0 Å². The summed E-state index contributed by atoms with van der Waals surface area (Å²) in [5.41, 5.74) is -0.490. The molecule has 0 unspecified atom stereocenters. The second kappa shape index (κ2) is 7.01. The molecule has 1 aliphatic heterocycles. The molecule has 2 fully saturated rings. The minimum absolute atomic E-state index is 0.0758. The van der Waals surface area contributed by atoms with E-state index in [4.69, 9.17) is 0 Å². The molecule has 1 saturated carbocycles. The first-order valence-corrected chi connectivity index (χ1v) is 8.81. The highest BCUT2D eigenvalue weighted by molar-refractivity contribution is 5.84. The van der Waals surface area contributed by atoms with Crippen molar-refractivity contribution in [3.8, 4) is 0 Å². The first kappa shape index (κ1) is 16.5. The lowest BCUT2D eigenvalue weighted by Crippen LogP contribution is -2.55. The molecule has 1 saturated heterocycles. The molecule has 6 nitrogen and oxygen atoms in total. The van der Waals surface area contributed by atoms with Crippen LogP contribution in [0.1, 0.15) is 44.9 Å². The maximum Gasteiger partial charge on any atom is 0.248 e. The van der Waals surface area contributed by atoms with Gasteiger partial charge in [-0.15, -0.1) is 0 Å². The van der Waals surface area contributed by atoms with E-state index < -0.39 is 5.54 Å². The van der Waals surface area contributed by atoms with Crippen LogP contribution < -0.4 is 10.6 Å². The zero-order valence-electron chi connectivity index (χ0n) is 13.8. The molecule has 0 bridgehead atoms. The summed E-state index contributed by atoms with van der Waals surface area (Å²) in [5.74, 6) is 0.0758. The SMILES string of the molecule is O=C(NCC1(CCO)CCCC1)C1(n2cccn2)CCNCC1. The van der Waals surface area contributed by atoms with Gasteiger partial charge in [0.15, 0.2) is 0 Å². The molecule has 1 amide bonds. The second-order valence-corrected chi connectivity index (χ2v) is 7.10. The third-order valence-corrected chi connectivity index (χ3v) is 5.73. The number of nitrogens with zero attached hydrogens (tertiary/aromatic N) is 2. The Bertz CT molecular complexity index is 503. The fraction of sp³-hybridized carbons (Fsp3) is 0.765. The Kier molecular flexibility index (Phi) is 5.02. The molecule has 0 spiro atoms. The molecule has 23 heavy (non-hydrogen) atoms. The van der Waals surface area contributed by atoms with Crippen molar-refractivity contribution in [1.82, 2.24) is 20.4 Å². The normalized spacial score (nSPS) is 22.8. The molecule has 0 aromatic carbocycles. The number of aliphatic hydroxyl groups excluding tert-OH is 1. The molecule has 2 aliphatic rings. The van der Waals surface area contributed by atoms with Crippen molar-refractivity contribution in [3.63, 3.8) is 0 Å². The van der Waals surface area contributed by atoms with Crippen molar-refractivity contribution in [1.29, 1.82) is 0 Å². The summed E-state index contributed by atoms with van der Waals surface area (Å²) in [6.07, 6.45) is 10.5. The van der Waals surface area contributed by atoms with Gasteiger partial charge in [-0.2, -0.15) is 5.10 Å². The molecule has 3 N–H and O–H groups in total. The van der Waals surface area contributed by atoms with Gasteiger partial charge in [-0.3, -0.25) is 9.48 Å². The van der Waals surface area contributed by atoms with Crippen LogP contribution in [-0.2, 0) is 10.3 Å². The fourth-order valence-corrected chi connectivity index (χ4v) is 4.23. The van der Waals surface area contributed by atoms with E-state index in [2.05, 4.69) is 15.7 Å². The first-order chi connectivity index (χ1) is 11.2. The Hall–Kier alpha value is -1.40. The van der Waals surface area contributed by atoms with E-state index in [1.54, 1.807) is 6.20 Å². The van der Waals surface area contributed by atoms with Crippen molar-refractivity contribution in [2.24, 2.45) is 5.41 Å². The van der Waals surface area contributed by atoms with E-state index in [0.717, 1.165) is 45.2 Å². The van der Waals surface area contributed by atoms with Gasteiger partial charge in [-0.25, -0.2) is 0 Å². The number of nitrogens with one attached hydrogen (secondary N) is 2.